The Bertz CT molecular complexity index is 484. The van der Waals surface area contributed by atoms with Gasteiger partial charge in [0.2, 0.25) is 5.91 Å². The number of ether oxygens (including phenoxy) is 1. The van der Waals surface area contributed by atoms with E-state index in [4.69, 9.17) is 9.84 Å². The number of carboxylic acid groups (broad SMARTS) is 1. The molecule has 1 saturated heterocycles. The highest BCUT2D eigenvalue weighted by molar-refractivity contribution is 5.88. The van der Waals surface area contributed by atoms with Crippen molar-refractivity contribution in [2.45, 2.75) is 25.8 Å². The lowest BCUT2D eigenvalue weighted by Crippen LogP contribution is -2.30. The summed E-state index contributed by atoms with van der Waals surface area (Å²) in [5, 5.41) is 11.7. The van der Waals surface area contributed by atoms with Crippen LogP contribution in [0.15, 0.2) is 18.2 Å². The van der Waals surface area contributed by atoms with Crippen molar-refractivity contribution >= 4 is 11.9 Å². The monoisotopic (exact) mass is 249 g/mol. The molecule has 1 amide bonds. The molecule has 1 heterocycles. The molecule has 1 fully saturated rings. The highest BCUT2D eigenvalue weighted by Crippen LogP contribution is 2.20. The van der Waals surface area contributed by atoms with Crippen molar-refractivity contribution in [1.29, 1.82) is 0 Å². The van der Waals surface area contributed by atoms with Gasteiger partial charge >= 0.3 is 5.97 Å². The largest absolute Gasteiger partial charge is 0.491 e. The van der Waals surface area contributed by atoms with Gasteiger partial charge in [-0.15, -0.1) is 0 Å². The Morgan fingerprint density at radius 2 is 2.33 bits per heavy atom. The first-order valence-corrected chi connectivity index (χ1v) is 5.82. The maximum atomic E-state index is 11.0. The van der Waals surface area contributed by atoms with Crippen LogP contribution in [0.25, 0.3) is 0 Å². The van der Waals surface area contributed by atoms with Crippen molar-refractivity contribution in [2.24, 2.45) is 0 Å². The van der Waals surface area contributed by atoms with Crippen LogP contribution in [0.1, 0.15) is 28.8 Å². The molecule has 96 valence electrons. The summed E-state index contributed by atoms with van der Waals surface area (Å²) < 4.78 is 5.60. The lowest BCUT2D eigenvalue weighted by Gasteiger charge is -2.13. The number of rotatable bonds is 4. The SMILES string of the molecule is Cc1cc(C(=O)O)ccc1OCC1CCC(=O)N1. The predicted octanol–water partition coefficient (Wildman–Crippen LogP) is 1.35. The Balaban J connectivity index is 1.97. The lowest BCUT2D eigenvalue weighted by atomic mass is 10.1. The molecule has 0 saturated carbocycles. The summed E-state index contributed by atoms with van der Waals surface area (Å²) in [5.41, 5.74) is 1.02. The summed E-state index contributed by atoms with van der Waals surface area (Å²) in [7, 11) is 0. The first-order valence-electron chi connectivity index (χ1n) is 5.82. The second kappa shape index (κ2) is 5.08. The van der Waals surface area contributed by atoms with Gasteiger partial charge in [0, 0.05) is 6.42 Å². The third kappa shape index (κ3) is 2.80. The molecule has 2 N–H and O–H groups in total. The third-order valence-electron chi connectivity index (χ3n) is 2.95. The molecule has 5 nitrogen and oxygen atoms in total. The van der Waals surface area contributed by atoms with Crippen LogP contribution in [0.2, 0.25) is 0 Å². The van der Waals surface area contributed by atoms with Gasteiger partial charge in [0.05, 0.1) is 11.6 Å². The number of amides is 1. The Kier molecular flexibility index (Phi) is 3.50. The Labute approximate surface area is 105 Å². The number of aromatic carboxylic acids is 1. The van der Waals surface area contributed by atoms with Gasteiger partial charge in [-0.25, -0.2) is 4.79 Å². The van der Waals surface area contributed by atoms with Gasteiger partial charge in [-0.3, -0.25) is 4.79 Å². The lowest BCUT2D eigenvalue weighted by molar-refractivity contribution is -0.119. The molecule has 5 heteroatoms. The van der Waals surface area contributed by atoms with Gasteiger partial charge in [0.25, 0.3) is 0 Å². The second-order valence-electron chi connectivity index (χ2n) is 4.40. The summed E-state index contributed by atoms with van der Waals surface area (Å²) in [5.74, 6) is -0.240. The minimum absolute atomic E-state index is 0.0519. The zero-order chi connectivity index (χ0) is 13.1. The van der Waals surface area contributed by atoms with E-state index in [1.165, 1.54) is 6.07 Å². The van der Waals surface area contributed by atoms with Crippen molar-refractivity contribution in [2.75, 3.05) is 6.61 Å². The van der Waals surface area contributed by atoms with E-state index in [-0.39, 0.29) is 17.5 Å². The summed E-state index contributed by atoms with van der Waals surface area (Å²) in [6.45, 7) is 2.22. The maximum Gasteiger partial charge on any atom is 0.335 e. The Morgan fingerprint density at radius 1 is 1.56 bits per heavy atom. The molecular weight excluding hydrogens is 234 g/mol. The fraction of sp³-hybridized carbons (Fsp3) is 0.385. The van der Waals surface area contributed by atoms with Crippen LogP contribution in [-0.2, 0) is 4.79 Å². The van der Waals surface area contributed by atoms with Gasteiger partial charge in [-0.2, -0.15) is 0 Å². The zero-order valence-corrected chi connectivity index (χ0v) is 10.1. The maximum absolute atomic E-state index is 11.0. The normalized spacial score (nSPS) is 18.5. The average Bonchev–Trinajstić information content (AvgIpc) is 2.73. The van der Waals surface area contributed by atoms with Crippen LogP contribution < -0.4 is 10.1 Å². The van der Waals surface area contributed by atoms with Crippen molar-refractivity contribution in [3.8, 4) is 5.75 Å². The smallest absolute Gasteiger partial charge is 0.335 e. The third-order valence-corrected chi connectivity index (χ3v) is 2.95. The van der Waals surface area contributed by atoms with Crippen molar-refractivity contribution < 1.29 is 19.4 Å². The van der Waals surface area contributed by atoms with Crippen LogP contribution >= 0.6 is 0 Å². The predicted molar refractivity (Wildman–Crippen MR) is 64.8 cm³/mol. The highest BCUT2D eigenvalue weighted by atomic mass is 16.5. The topological polar surface area (TPSA) is 75.6 Å². The molecule has 18 heavy (non-hydrogen) atoms. The van der Waals surface area contributed by atoms with Crippen LogP contribution in [0.3, 0.4) is 0 Å². The molecule has 0 aromatic heterocycles. The quantitative estimate of drug-likeness (QED) is 0.844. The number of hydrogen-bond donors (Lipinski definition) is 2. The van der Waals surface area contributed by atoms with Gasteiger partial charge in [-0.1, -0.05) is 0 Å². The molecule has 0 radical (unpaired) electrons. The molecule has 0 aliphatic carbocycles. The first-order chi connectivity index (χ1) is 8.56. The van der Waals surface area contributed by atoms with Crippen LogP contribution in [0.4, 0.5) is 0 Å². The van der Waals surface area contributed by atoms with E-state index in [2.05, 4.69) is 5.32 Å². The number of benzene rings is 1. The Hall–Kier alpha value is -2.04. The molecule has 0 spiro atoms. The van der Waals surface area contributed by atoms with Crippen molar-refractivity contribution in [1.82, 2.24) is 5.32 Å². The minimum atomic E-state index is -0.951. The van der Waals surface area contributed by atoms with E-state index in [9.17, 15) is 9.59 Å². The Morgan fingerprint density at radius 3 is 2.89 bits per heavy atom. The highest BCUT2D eigenvalue weighted by Gasteiger charge is 2.21. The number of carbonyl (C=O) groups is 2. The molecule has 1 atom stereocenters. The number of hydrogen-bond acceptors (Lipinski definition) is 3. The summed E-state index contributed by atoms with van der Waals surface area (Å²) >= 11 is 0. The van der Waals surface area contributed by atoms with E-state index >= 15 is 0 Å². The first kappa shape index (κ1) is 12.4. The zero-order valence-electron chi connectivity index (χ0n) is 10.1. The minimum Gasteiger partial charge on any atom is -0.491 e. The van der Waals surface area contributed by atoms with Crippen LogP contribution in [0, 0.1) is 6.92 Å². The average molecular weight is 249 g/mol. The fourth-order valence-corrected chi connectivity index (χ4v) is 1.94. The van der Waals surface area contributed by atoms with E-state index in [1.807, 2.05) is 0 Å². The van der Waals surface area contributed by atoms with Crippen molar-refractivity contribution in [3.05, 3.63) is 29.3 Å². The van der Waals surface area contributed by atoms with E-state index in [0.717, 1.165) is 12.0 Å². The molecule has 1 unspecified atom stereocenters. The van der Waals surface area contributed by atoms with E-state index in [0.29, 0.717) is 18.8 Å². The van der Waals surface area contributed by atoms with Gasteiger partial charge in [-0.05, 0) is 37.1 Å². The number of carbonyl (C=O) groups excluding carboxylic acids is 1. The van der Waals surface area contributed by atoms with Gasteiger partial charge in [0.1, 0.15) is 12.4 Å². The summed E-state index contributed by atoms with van der Waals surface area (Å²) in [6.07, 6.45) is 1.33. The molecule has 2 rings (SSSR count). The summed E-state index contributed by atoms with van der Waals surface area (Å²) in [6, 6.07) is 4.79. The van der Waals surface area contributed by atoms with Crippen LogP contribution in [-0.4, -0.2) is 29.6 Å². The fourth-order valence-electron chi connectivity index (χ4n) is 1.94. The number of nitrogens with one attached hydrogen (secondary N) is 1. The molecule has 1 aliphatic heterocycles. The van der Waals surface area contributed by atoms with Gasteiger partial charge < -0.3 is 15.2 Å². The molecular formula is C13H15NO4. The van der Waals surface area contributed by atoms with E-state index < -0.39 is 5.97 Å². The standard InChI is InChI=1S/C13H15NO4/c1-8-6-9(13(16)17)2-4-11(8)18-7-10-3-5-12(15)14-10/h2,4,6,10H,3,5,7H2,1H3,(H,14,15)(H,16,17). The summed E-state index contributed by atoms with van der Waals surface area (Å²) in [4.78, 5) is 21.8. The molecule has 1 aromatic carbocycles. The molecule has 1 aliphatic rings. The molecule has 0 bridgehead atoms. The van der Waals surface area contributed by atoms with Crippen molar-refractivity contribution in [3.63, 3.8) is 0 Å². The molecule has 1 aromatic rings. The second-order valence-corrected chi connectivity index (χ2v) is 4.40. The van der Waals surface area contributed by atoms with E-state index in [1.54, 1.807) is 19.1 Å². The van der Waals surface area contributed by atoms with Crippen LogP contribution in [0.5, 0.6) is 5.75 Å². The number of carboxylic acids is 1. The van der Waals surface area contributed by atoms with Gasteiger partial charge in [0.15, 0.2) is 0 Å². The number of aryl methyl sites for hydroxylation is 1.